The molecule has 15 heavy (non-hydrogen) atoms. The number of hydrogen-bond donors (Lipinski definition) is 0. The van der Waals surface area contributed by atoms with E-state index in [-0.39, 0.29) is 0 Å². The van der Waals surface area contributed by atoms with Crippen LogP contribution in [0.4, 0.5) is 0 Å². The third-order valence-electron chi connectivity index (χ3n) is 2.61. The first kappa shape index (κ1) is 9.90. The van der Waals surface area contributed by atoms with Crippen LogP contribution < -0.4 is 4.57 Å². The van der Waals surface area contributed by atoms with E-state index in [4.69, 9.17) is 4.52 Å². The molecule has 0 N–H and O–H groups in total. The van der Waals surface area contributed by atoms with E-state index in [0.717, 1.165) is 17.9 Å². The summed E-state index contributed by atoms with van der Waals surface area (Å²) in [5.41, 5.74) is 3.46. The van der Waals surface area contributed by atoms with Gasteiger partial charge in [-0.05, 0) is 19.4 Å². The highest BCUT2D eigenvalue weighted by atomic mass is 16.5. The van der Waals surface area contributed by atoms with Crippen molar-refractivity contribution in [3.63, 3.8) is 0 Å². The molecule has 3 nitrogen and oxygen atoms in total. The molecule has 0 saturated carbocycles. The van der Waals surface area contributed by atoms with Crippen molar-refractivity contribution in [1.82, 2.24) is 5.16 Å². The first-order valence-electron chi connectivity index (χ1n) is 5.03. The molecular formula is C12H15N2O+. The average molecular weight is 203 g/mol. The normalized spacial score (nSPS) is 10.6. The number of pyridine rings is 1. The van der Waals surface area contributed by atoms with E-state index in [1.165, 1.54) is 11.1 Å². The van der Waals surface area contributed by atoms with Crippen LogP contribution in [-0.4, -0.2) is 5.16 Å². The van der Waals surface area contributed by atoms with E-state index in [2.05, 4.69) is 17.3 Å². The summed E-state index contributed by atoms with van der Waals surface area (Å²) in [5.74, 6) is 0.917. The van der Waals surface area contributed by atoms with Crippen molar-refractivity contribution in [3.05, 3.63) is 47.1 Å². The van der Waals surface area contributed by atoms with Gasteiger partial charge in [0.1, 0.15) is 12.8 Å². The molecule has 2 heterocycles. The molecule has 0 unspecified atom stereocenters. The zero-order valence-corrected chi connectivity index (χ0v) is 9.32. The lowest BCUT2D eigenvalue weighted by Crippen LogP contribution is -2.25. The molecule has 0 radical (unpaired) electrons. The Morgan fingerprint density at radius 1 is 1.27 bits per heavy atom. The molecule has 2 aromatic heterocycles. The molecule has 0 amide bonds. The zero-order chi connectivity index (χ0) is 10.8. The van der Waals surface area contributed by atoms with Gasteiger partial charge in [0.2, 0.25) is 0 Å². The molecule has 0 aliphatic heterocycles. The van der Waals surface area contributed by atoms with Crippen LogP contribution in [0.3, 0.4) is 0 Å². The maximum absolute atomic E-state index is 5.14. The van der Waals surface area contributed by atoms with Crippen LogP contribution in [0, 0.1) is 13.8 Å². The molecule has 2 rings (SSSR count). The Hall–Kier alpha value is -1.64. The molecule has 0 fully saturated rings. The number of nitrogens with zero attached hydrogens (tertiary/aromatic N) is 2. The summed E-state index contributed by atoms with van der Waals surface area (Å²) in [4.78, 5) is 0. The van der Waals surface area contributed by atoms with Gasteiger partial charge >= 0.3 is 0 Å². The van der Waals surface area contributed by atoms with Gasteiger partial charge < -0.3 is 4.52 Å². The first-order chi connectivity index (χ1) is 7.16. The fraction of sp³-hybridized carbons (Fsp3) is 0.333. The van der Waals surface area contributed by atoms with Crippen molar-refractivity contribution in [2.75, 3.05) is 0 Å². The Kier molecular flexibility index (Phi) is 2.54. The van der Waals surface area contributed by atoms with Crippen LogP contribution in [0.1, 0.15) is 22.6 Å². The number of hydrogen-bond acceptors (Lipinski definition) is 2. The SMILES string of the molecule is Cc1noc(C)c1Cc1cc[n+](C)cc1. The number of rotatable bonds is 2. The Bertz CT molecular complexity index is 437. The highest BCUT2D eigenvalue weighted by Gasteiger charge is 2.09. The second-order valence-electron chi connectivity index (χ2n) is 3.85. The molecule has 0 aromatic carbocycles. The van der Waals surface area contributed by atoms with Gasteiger partial charge in [0, 0.05) is 24.1 Å². The molecule has 0 atom stereocenters. The van der Waals surface area contributed by atoms with Crippen LogP contribution in [0.25, 0.3) is 0 Å². The number of aromatic nitrogens is 2. The third-order valence-corrected chi connectivity index (χ3v) is 2.61. The predicted molar refractivity (Wildman–Crippen MR) is 56.4 cm³/mol. The number of aryl methyl sites for hydroxylation is 3. The third kappa shape index (κ3) is 2.06. The summed E-state index contributed by atoms with van der Waals surface area (Å²) >= 11 is 0. The standard InChI is InChI=1S/C12H15N2O/c1-9-12(10(2)15-13-9)8-11-4-6-14(3)7-5-11/h4-7H,8H2,1-3H3/q+1. The molecule has 0 bridgehead atoms. The van der Waals surface area contributed by atoms with Crippen molar-refractivity contribution in [3.8, 4) is 0 Å². The molecular weight excluding hydrogens is 188 g/mol. The van der Waals surface area contributed by atoms with E-state index < -0.39 is 0 Å². The van der Waals surface area contributed by atoms with E-state index in [1.54, 1.807) is 0 Å². The van der Waals surface area contributed by atoms with Crippen LogP contribution in [-0.2, 0) is 13.5 Å². The van der Waals surface area contributed by atoms with Crippen molar-refractivity contribution in [1.29, 1.82) is 0 Å². The smallest absolute Gasteiger partial charge is 0.168 e. The van der Waals surface area contributed by atoms with E-state index in [9.17, 15) is 0 Å². The fourth-order valence-corrected chi connectivity index (χ4v) is 1.61. The van der Waals surface area contributed by atoms with E-state index in [0.29, 0.717) is 0 Å². The molecule has 3 heteroatoms. The van der Waals surface area contributed by atoms with Crippen LogP contribution in [0.2, 0.25) is 0 Å². The zero-order valence-electron chi connectivity index (χ0n) is 9.32. The van der Waals surface area contributed by atoms with Gasteiger partial charge in [0.05, 0.1) is 5.69 Å². The van der Waals surface area contributed by atoms with Crippen molar-refractivity contribution in [2.45, 2.75) is 20.3 Å². The van der Waals surface area contributed by atoms with Gasteiger partial charge in [-0.25, -0.2) is 4.57 Å². The van der Waals surface area contributed by atoms with Crippen molar-refractivity contribution in [2.24, 2.45) is 7.05 Å². The van der Waals surface area contributed by atoms with Gasteiger partial charge in [-0.3, -0.25) is 0 Å². The van der Waals surface area contributed by atoms with Gasteiger partial charge in [-0.1, -0.05) is 5.16 Å². The predicted octanol–water partition coefficient (Wildman–Crippen LogP) is 1.71. The van der Waals surface area contributed by atoms with Crippen molar-refractivity contribution >= 4 is 0 Å². The largest absolute Gasteiger partial charge is 0.361 e. The molecule has 2 aromatic rings. The topological polar surface area (TPSA) is 29.9 Å². The first-order valence-corrected chi connectivity index (χ1v) is 5.03. The molecule has 78 valence electrons. The second-order valence-corrected chi connectivity index (χ2v) is 3.85. The molecule has 0 saturated heterocycles. The summed E-state index contributed by atoms with van der Waals surface area (Å²) in [7, 11) is 2.01. The Labute approximate surface area is 89.3 Å². The van der Waals surface area contributed by atoms with Crippen LogP contribution in [0.5, 0.6) is 0 Å². The summed E-state index contributed by atoms with van der Waals surface area (Å²) in [6.07, 6.45) is 4.99. The summed E-state index contributed by atoms with van der Waals surface area (Å²) in [5, 5.41) is 3.95. The average Bonchev–Trinajstić information content (AvgIpc) is 2.53. The summed E-state index contributed by atoms with van der Waals surface area (Å²) in [6, 6.07) is 4.23. The highest BCUT2D eigenvalue weighted by molar-refractivity contribution is 5.28. The lowest BCUT2D eigenvalue weighted by molar-refractivity contribution is -0.671. The van der Waals surface area contributed by atoms with Crippen LogP contribution >= 0.6 is 0 Å². The maximum atomic E-state index is 5.14. The lowest BCUT2D eigenvalue weighted by atomic mass is 10.1. The van der Waals surface area contributed by atoms with Crippen LogP contribution in [0.15, 0.2) is 29.0 Å². The summed E-state index contributed by atoms with van der Waals surface area (Å²) in [6.45, 7) is 3.94. The lowest BCUT2D eigenvalue weighted by Gasteiger charge is -1.98. The van der Waals surface area contributed by atoms with E-state index >= 15 is 0 Å². The molecule has 0 aliphatic carbocycles. The second kappa shape index (κ2) is 3.85. The minimum absolute atomic E-state index is 0.891. The Morgan fingerprint density at radius 2 is 1.93 bits per heavy atom. The summed E-state index contributed by atoms with van der Waals surface area (Å²) < 4.78 is 7.16. The quantitative estimate of drug-likeness (QED) is 0.695. The minimum Gasteiger partial charge on any atom is -0.361 e. The van der Waals surface area contributed by atoms with Crippen molar-refractivity contribution < 1.29 is 9.09 Å². The van der Waals surface area contributed by atoms with E-state index in [1.807, 2.05) is 37.9 Å². The van der Waals surface area contributed by atoms with Gasteiger partial charge in [0.15, 0.2) is 12.4 Å². The Morgan fingerprint density at radius 3 is 2.47 bits per heavy atom. The minimum atomic E-state index is 0.891. The Balaban J connectivity index is 2.25. The highest BCUT2D eigenvalue weighted by Crippen LogP contribution is 2.16. The molecule has 0 spiro atoms. The van der Waals surface area contributed by atoms with Gasteiger partial charge in [-0.15, -0.1) is 0 Å². The monoisotopic (exact) mass is 203 g/mol. The fourth-order valence-electron chi connectivity index (χ4n) is 1.61. The maximum Gasteiger partial charge on any atom is 0.168 e. The molecule has 0 aliphatic rings. The van der Waals surface area contributed by atoms with Gasteiger partial charge in [-0.2, -0.15) is 0 Å². The van der Waals surface area contributed by atoms with Gasteiger partial charge in [0.25, 0.3) is 0 Å².